The lowest BCUT2D eigenvalue weighted by molar-refractivity contribution is -0.581. The number of hydrogen-bond acceptors (Lipinski definition) is 2. The van der Waals surface area contributed by atoms with Gasteiger partial charge in [0.05, 0.1) is 0 Å². The van der Waals surface area contributed by atoms with Gasteiger partial charge in [-0.1, -0.05) is 0 Å². The van der Waals surface area contributed by atoms with E-state index in [1.54, 1.807) is 0 Å². The van der Waals surface area contributed by atoms with Gasteiger partial charge in [0.2, 0.25) is 0 Å². The average molecular weight is 345 g/mol. The Kier molecular flexibility index (Phi) is 10.1. The molecule has 0 saturated heterocycles. The summed E-state index contributed by atoms with van der Waals surface area (Å²) >= 11 is 0. The highest BCUT2D eigenvalue weighted by Crippen LogP contribution is 2.47. The molecule has 0 aromatic rings. The first-order valence-electron chi connectivity index (χ1n) is 9.39. The van der Waals surface area contributed by atoms with Crippen molar-refractivity contribution in [1.82, 2.24) is 9.34 Å². The van der Waals surface area contributed by atoms with Crippen molar-refractivity contribution < 1.29 is 4.58 Å². The number of hydrogen-bond donors (Lipinski definition) is 0. The van der Waals surface area contributed by atoms with Crippen LogP contribution in [0.15, 0.2) is 0 Å². The molecule has 0 rings (SSSR count). The molecule has 0 N–H and O–H groups in total. The lowest BCUT2D eigenvalue weighted by atomic mass is 10.3. The van der Waals surface area contributed by atoms with E-state index in [4.69, 9.17) is 0 Å². The van der Waals surface area contributed by atoms with E-state index in [2.05, 4.69) is 103 Å². The largest absolute Gasteiger partial charge is 0.257 e. The Balaban J connectivity index is 6.11. The average Bonchev–Trinajstić information content (AvgIpc) is 2.32. The first kappa shape index (κ1) is 23.0. The van der Waals surface area contributed by atoms with Crippen molar-refractivity contribution in [3.63, 3.8) is 0 Å². The van der Waals surface area contributed by atoms with E-state index >= 15 is 0 Å². The molecule has 0 unspecified atom stereocenters. The van der Waals surface area contributed by atoms with Gasteiger partial charge in [0, 0.05) is 24.2 Å². The minimum absolute atomic E-state index is 0.482. The monoisotopic (exact) mass is 344 g/mol. The molecule has 0 fully saturated rings. The van der Waals surface area contributed by atoms with Crippen LogP contribution in [0.25, 0.3) is 0 Å². The van der Waals surface area contributed by atoms with Gasteiger partial charge in [-0.3, -0.25) is 9.34 Å². The molecule has 0 aromatic heterocycles. The fourth-order valence-corrected chi connectivity index (χ4v) is 6.50. The van der Waals surface area contributed by atoms with Crippen molar-refractivity contribution in [2.75, 3.05) is 0 Å². The van der Waals surface area contributed by atoms with Crippen molar-refractivity contribution in [2.24, 2.45) is 0 Å². The molecule has 0 aliphatic rings. The van der Waals surface area contributed by atoms with Gasteiger partial charge >= 0.3 is 0 Å². The Morgan fingerprint density at radius 1 is 0.565 bits per heavy atom. The maximum Gasteiger partial charge on any atom is 0.192 e. The van der Waals surface area contributed by atoms with E-state index < -0.39 is 8.22 Å². The fourth-order valence-electron chi connectivity index (χ4n) is 3.36. The summed E-state index contributed by atoms with van der Waals surface area (Å²) in [5.74, 6) is 2.55. The second-order valence-corrected chi connectivity index (χ2v) is 10.0. The molecule has 0 spiro atoms. The molecule has 0 aliphatic carbocycles. The molecule has 0 bridgehead atoms. The van der Waals surface area contributed by atoms with Crippen molar-refractivity contribution >= 4 is 14.2 Å². The van der Waals surface area contributed by atoms with Crippen LogP contribution in [-0.4, -0.2) is 56.1 Å². The molecule has 3 nitrogen and oxygen atoms in total. The van der Waals surface area contributed by atoms with Crippen LogP contribution < -0.4 is 0 Å². The van der Waals surface area contributed by atoms with Crippen molar-refractivity contribution in [2.45, 2.75) is 119 Å². The third-order valence-corrected chi connectivity index (χ3v) is 7.29. The minimum atomic E-state index is -0.482. The summed E-state index contributed by atoms with van der Waals surface area (Å²) in [5, 5.41) is 0. The first-order chi connectivity index (χ1) is 10.4. The molecule has 0 saturated carbocycles. The summed E-state index contributed by atoms with van der Waals surface area (Å²) in [7, 11) is -0.482. The molecule has 0 aliphatic heterocycles. The lowest BCUT2D eigenvalue weighted by Gasteiger charge is -2.44. The summed E-state index contributed by atoms with van der Waals surface area (Å²) in [6.45, 7) is 27.8. The lowest BCUT2D eigenvalue weighted by Crippen LogP contribution is -2.44. The van der Waals surface area contributed by atoms with E-state index in [0.717, 1.165) is 0 Å². The second kappa shape index (κ2) is 10.1. The van der Waals surface area contributed by atoms with Crippen LogP contribution in [0.1, 0.15) is 83.1 Å². The van der Waals surface area contributed by atoms with Gasteiger partial charge < -0.3 is 0 Å². The predicted molar refractivity (Wildman–Crippen MR) is 108 cm³/mol. The molecular weight excluding hydrogens is 301 g/mol. The predicted octanol–water partition coefficient (Wildman–Crippen LogP) is 5.39. The van der Waals surface area contributed by atoms with Crippen molar-refractivity contribution in [3.8, 4) is 0 Å². The van der Waals surface area contributed by atoms with E-state index in [-0.39, 0.29) is 0 Å². The molecule has 23 heavy (non-hydrogen) atoms. The Morgan fingerprint density at radius 2 is 0.826 bits per heavy atom. The topological polar surface area (TPSA) is 9.49 Å². The van der Waals surface area contributed by atoms with Gasteiger partial charge in [-0.2, -0.15) is 0 Å². The standard InChI is InChI=1S/C19H43N3P/c1-14(2)20(15(3)4)13-23(21(16(5)6)17(7)8)22(18(9)10)19(11)12/h13-19H,1-12H3/q+1. The number of nitrogens with zero attached hydrogens (tertiary/aromatic N) is 3. The maximum atomic E-state index is 2.70. The van der Waals surface area contributed by atoms with Gasteiger partial charge in [0.15, 0.2) is 5.96 Å². The summed E-state index contributed by atoms with van der Waals surface area (Å²) in [6, 6.07) is 3.22. The van der Waals surface area contributed by atoms with Crippen LogP contribution >= 0.6 is 8.22 Å². The zero-order chi connectivity index (χ0) is 18.5. The van der Waals surface area contributed by atoms with E-state index in [1.807, 2.05) is 0 Å². The maximum absolute atomic E-state index is 2.70. The van der Waals surface area contributed by atoms with Crippen LogP contribution in [0.2, 0.25) is 0 Å². The van der Waals surface area contributed by atoms with E-state index in [9.17, 15) is 0 Å². The number of rotatable bonds is 9. The van der Waals surface area contributed by atoms with E-state index in [1.165, 1.54) is 0 Å². The van der Waals surface area contributed by atoms with Gasteiger partial charge in [-0.25, -0.2) is 4.58 Å². The minimum Gasteiger partial charge on any atom is -0.257 e. The zero-order valence-corrected chi connectivity index (χ0v) is 18.7. The van der Waals surface area contributed by atoms with Crippen molar-refractivity contribution in [1.29, 1.82) is 0 Å². The third-order valence-electron chi connectivity index (χ3n) is 4.02. The van der Waals surface area contributed by atoms with Crippen LogP contribution in [-0.2, 0) is 0 Å². The Bertz CT molecular complexity index is 314. The van der Waals surface area contributed by atoms with Crippen LogP contribution in [0, 0.1) is 0 Å². The fraction of sp³-hybridized carbons (Fsp3) is 0.947. The molecule has 4 heteroatoms. The smallest absolute Gasteiger partial charge is 0.192 e. The summed E-state index contributed by atoms with van der Waals surface area (Å²) in [5.41, 5.74) is 0. The molecule has 0 atom stereocenters. The first-order valence-corrected chi connectivity index (χ1v) is 10.7. The second-order valence-electron chi connectivity index (χ2n) is 8.21. The van der Waals surface area contributed by atoms with Crippen LogP contribution in [0.5, 0.6) is 0 Å². The quantitative estimate of drug-likeness (QED) is 0.315. The summed E-state index contributed by atoms with van der Waals surface area (Å²) in [6.07, 6.45) is 0. The van der Waals surface area contributed by atoms with Gasteiger partial charge in [0.1, 0.15) is 20.3 Å². The van der Waals surface area contributed by atoms with Crippen LogP contribution in [0.4, 0.5) is 0 Å². The summed E-state index contributed by atoms with van der Waals surface area (Å²) in [4.78, 5) is 0. The molecule has 138 valence electrons. The van der Waals surface area contributed by atoms with Crippen molar-refractivity contribution in [3.05, 3.63) is 0 Å². The highest BCUT2D eigenvalue weighted by molar-refractivity contribution is 7.68. The van der Waals surface area contributed by atoms with Crippen LogP contribution in [0.3, 0.4) is 0 Å². The Labute approximate surface area is 148 Å². The Morgan fingerprint density at radius 3 is 1.00 bits per heavy atom. The molecule has 0 amide bonds. The van der Waals surface area contributed by atoms with E-state index in [0.29, 0.717) is 36.3 Å². The normalized spacial score (nSPS) is 13.3. The third kappa shape index (κ3) is 6.80. The highest BCUT2D eigenvalue weighted by Gasteiger charge is 2.35. The molecule has 0 radical (unpaired) electrons. The zero-order valence-electron chi connectivity index (χ0n) is 17.8. The molecular formula is C19H43N3P+. The van der Waals surface area contributed by atoms with Gasteiger partial charge in [-0.05, 0) is 83.1 Å². The molecule has 0 aromatic carbocycles. The van der Waals surface area contributed by atoms with Gasteiger partial charge in [-0.15, -0.1) is 0 Å². The highest BCUT2D eigenvalue weighted by atomic mass is 31.1. The molecule has 0 heterocycles. The summed E-state index contributed by atoms with van der Waals surface area (Å²) < 4.78 is 7.95. The van der Waals surface area contributed by atoms with Gasteiger partial charge in [0.25, 0.3) is 0 Å². The SMILES string of the molecule is CC(C)N(C(C)C)P(C=[N+](C(C)C)C(C)C)N(C(C)C)C(C)C. The Hall–Kier alpha value is 0.0200.